The molecule has 9 nitrogen and oxygen atoms in total. The van der Waals surface area contributed by atoms with Gasteiger partial charge < -0.3 is 34.5 Å². The van der Waals surface area contributed by atoms with E-state index in [-0.39, 0.29) is 0 Å². The molecule has 0 saturated carbocycles. The molecule has 0 atom stereocenters. The minimum atomic E-state index is -4.64. The second-order valence-corrected chi connectivity index (χ2v) is 5.00. The Bertz CT molecular complexity index is 469. The highest BCUT2D eigenvalue weighted by molar-refractivity contribution is 7.45. The fourth-order valence-electron chi connectivity index (χ4n) is 0.593. The average molecular weight is 380 g/mol. The van der Waals surface area contributed by atoms with Crippen LogP contribution in [0.5, 0.6) is 5.75 Å². The molecule has 0 amide bonds. The van der Waals surface area contributed by atoms with E-state index in [1.165, 1.54) is 0 Å². The maximum atomic E-state index is 12.2. The Labute approximate surface area is 117 Å². The summed E-state index contributed by atoms with van der Waals surface area (Å²) < 4.78 is 78.4. The number of phenols is 1. The van der Waals surface area contributed by atoms with Crippen LogP contribution in [0, 0.1) is 29.1 Å². The number of hydrogen-bond acceptors (Lipinski definition) is 3. The molecule has 7 N–H and O–H groups in total. The number of rotatable bonds is 0. The van der Waals surface area contributed by atoms with Crippen LogP contribution in [0.25, 0.3) is 0 Å². The second kappa shape index (κ2) is 8.50. The number of phenolic OH excluding ortho intramolecular Hbond substituents is 1. The van der Waals surface area contributed by atoms with E-state index in [9.17, 15) is 22.0 Å². The van der Waals surface area contributed by atoms with Crippen molar-refractivity contribution >= 4 is 15.6 Å². The van der Waals surface area contributed by atoms with E-state index in [1.54, 1.807) is 0 Å². The summed E-state index contributed by atoms with van der Waals surface area (Å²) in [6.45, 7) is 0. The van der Waals surface area contributed by atoms with E-state index in [1.807, 2.05) is 0 Å². The van der Waals surface area contributed by atoms with E-state index in [0.29, 0.717) is 0 Å². The number of aromatic hydroxyl groups is 1. The van der Waals surface area contributed by atoms with Gasteiger partial charge in [0.25, 0.3) is 0 Å². The highest BCUT2D eigenvalue weighted by atomic mass is 31.2. The fraction of sp³-hybridized carbons (Fsp3) is 0. The first-order chi connectivity index (χ1) is 9.46. The molecule has 0 fully saturated rings. The third kappa shape index (κ3) is 11.5. The van der Waals surface area contributed by atoms with E-state index in [0.717, 1.165) is 0 Å². The molecule has 22 heavy (non-hydrogen) atoms. The van der Waals surface area contributed by atoms with Crippen LogP contribution in [0.15, 0.2) is 0 Å². The summed E-state index contributed by atoms with van der Waals surface area (Å²) in [6, 6.07) is 0. The first-order valence-corrected chi connectivity index (χ1v) is 7.36. The van der Waals surface area contributed by atoms with Gasteiger partial charge in [0.2, 0.25) is 29.1 Å². The van der Waals surface area contributed by atoms with Crippen LogP contribution in [-0.2, 0) is 9.13 Å². The molecule has 0 saturated heterocycles. The van der Waals surface area contributed by atoms with Crippen LogP contribution in [0.2, 0.25) is 0 Å². The third-order valence-corrected chi connectivity index (χ3v) is 1.19. The van der Waals surface area contributed by atoms with Gasteiger partial charge in [-0.25, -0.2) is 22.3 Å². The monoisotopic (exact) mass is 380 g/mol. The molecule has 0 unspecified atom stereocenters. The lowest BCUT2D eigenvalue weighted by Gasteiger charge is -2.00. The summed E-state index contributed by atoms with van der Waals surface area (Å²) in [5.74, 6) is -12.9. The number of phosphoric acid groups is 2. The largest absolute Gasteiger partial charge is 0.503 e. The number of hydrogen-bond donors (Lipinski definition) is 7. The smallest absolute Gasteiger partial charge is 0.466 e. The first-order valence-electron chi connectivity index (χ1n) is 4.23. The summed E-state index contributed by atoms with van der Waals surface area (Å²) in [6.07, 6.45) is 0. The van der Waals surface area contributed by atoms with Crippen LogP contribution < -0.4 is 0 Å². The number of benzene rings is 1. The molecule has 0 bridgehead atoms. The van der Waals surface area contributed by atoms with Crippen LogP contribution in [0.1, 0.15) is 0 Å². The minimum absolute atomic E-state index is 1.87. The van der Waals surface area contributed by atoms with Crippen LogP contribution in [0.3, 0.4) is 0 Å². The van der Waals surface area contributed by atoms with Gasteiger partial charge in [0, 0.05) is 0 Å². The van der Waals surface area contributed by atoms with Gasteiger partial charge in [0.1, 0.15) is 0 Å². The van der Waals surface area contributed by atoms with Crippen molar-refractivity contribution in [3.8, 4) is 5.75 Å². The molecule has 0 spiro atoms. The molecule has 0 aliphatic carbocycles. The summed E-state index contributed by atoms with van der Waals surface area (Å²) >= 11 is 0. The Balaban J connectivity index is 0. The lowest BCUT2D eigenvalue weighted by Crippen LogP contribution is -2.00. The van der Waals surface area contributed by atoms with Gasteiger partial charge in [-0.15, -0.1) is 0 Å². The molecule has 16 heteroatoms. The summed E-state index contributed by atoms with van der Waals surface area (Å²) in [7, 11) is -9.28. The summed E-state index contributed by atoms with van der Waals surface area (Å²) in [5, 5.41) is 8.30. The lowest BCUT2D eigenvalue weighted by atomic mass is 10.3. The molecular formula is C6H7F5O9P2. The Kier molecular flexibility index (Phi) is 8.95. The standard InChI is InChI=1S/C6HF5O.2H3O4P/c7-1-2(8)4(10)6(12)5(11)3(1)9;2*1-5(2,3)4/h12H;2*(H3,1,2,3,4). The van der Waals surface area contributed by atoms with Crippen molar-refractivity contribution in [2.24, 2.45) is 0 Å². The molecule has 0 radical (unpaired) electrons. The normalized spacial score (nSPS) is 11.0. The van der Waals surface area contributed by atoms with Gasteiger partial charge in [0.05, 0.1) is 0 Å². The average Bonchev–Trinajstić information content (AvgIpc) is 2.27. The zero-order chi connectivity index (χ0) is 18.5. The van der Waals surface area contributed by atoms with E-state index >= 15 is 0 Å². The summed E-state index contributed by atoms with van der Waals surface area (Å²) in [5.41, 5.74) is 0. The molecule has 0 aliphatic rings. The molecule has 0 aliphatic heterocycles. The van der Waals surface area contributed by atoms with Crippen molar-refractivity contribution in [2.75, 3.05) is 0 Å². The molecular weight excluding hydrogens is 373 g/mol. The minimum Gasteiger partial charge on any atom is -0.503 e. The molecule has 1 rings (SSSR count). The first kappa shape index (κ1) is 23.2. The van der Waals surface area contributed by atoms with E-state index in [4.69, 9.17) is 43.6 Å². The Morgan fingerprint density at radius 1 is 0.545 bits per heavy atom. The Hall–Kier alpha value is -1.11. The van der Waals surface area contributed by atoms with Crippen molar-refractivity contribution in [3.05, 3.63) is 29.1 Å². The highest BCUT2D eigenvalue weighted by Crippen LogP contribution is 2.27. The topological polar surface area (TPSA) is 176 Å². The van der Waals surface area contributed by atoms with Crippen molar-refractivity contribution < 1.29 is 65.5 Å². The van der Waals surface area contributed by atoms with E-state index in [2.05, 4.69) is 0 Å². The zero-order valence-corrected chi connectivity index (χ0v) is 11.5. The molecule has 0 aromatic heterocycles. The van der Waals surface area contributed by atoms with Gasteiger partial charge in [-0.05, 0) is 0 Å². The van der Waals surface area contributed by atoms with Crippen molar-refractivity contribution in [1.29, 1.82) is 0 Å². The SMILES string of the molecule is O=P(O)(O)O.O=P(O)(O)O.Oc1c(F)c(F)c(F)c(F)c1F. The summed E-state index contributed by atoms with van der Waals surface area (Å²) in [4.78, 5) is 43.1. The lowest BCUT2D eigenvalue weighted by molar-refractivity contribution is 0.272. The highest BCUT2D eigenvalue weighted by Gasteiger charge is 2.24. The van der Waals surface area contributed by atoms with Crippen molar-refractivity contribution in [2.45, 2.75) is 0 Å². The van der Waals surface area contributed by atoms with Gasteiger partial charge in [-0.3, -0.25) is 0 Å². The molecule has 1 aromatic carbocycles. The molecule has 130 valence electrons. The van der Waals surface area contributed by atoms with Gasteiger partial charge >= 0.3 is 15.6 Å². The second-order valence-electron chi connectivity index (χ2n) is 2.95. The van der Waals surface area contributed by atoms with Crippen LogP contribution in [-0.4, -0.2) is 34.5 Å². The predicted octanol–water partition coefficient (Wildman–Crippen LogP) is 0.230. The Morgan fingerprint density at radius 3 is 0.864 bits per heavy atom. The van der Waals surface area contributed by atoms with Crippen molar-refractivity contribution in [3.63, 3.8) is 0 Å². The Morgan fingerprint density at radius 2 is 0.682 bits per heavy atom. The van der Waals surface area contributed by atoms with Gasteiger partial charge in [-0.2, -0.15) is 8.78 Å². The van der Waals surface area contributed by atoms with E-state index < -0.39 is 50.5 Å². The van der Waals surface area contributed by atoms with Gasteiger partial charge in [0.15, 0.2) is 5.75 Å². The quantitative estimate of drug-likeness (QED) is 0.144. The fourth-order valence-corrected chi connectivity index (χ4v) is 0.593. The maximum Gasteiger partial charge on any atom is 0.466 e. The van der Waals surface area contributed by atoms with Crippen LogP contribution in [0.4, 0.5) is 22.0 Å². The molecule has 0 heterocycles. The maximum absolute atomic E-state index is 12.2. The van der Waals surface area contributed by atoms with Crippen LogP contribution >= 0.6 is 15.6 Å². The van der Waals surface area contributed by atoms with Crippen molar-refractivity contribution in [1.82, 2.24) is 0 Å². The van der Waals surface area contributed by atoms with Gasteiger partial charge in [-0.1, -0.05) is 0 Å². The third-order valence-electron chi connectivity index (χ3n) is 1.19. The number of halogens is 5. The predicted molar refractivity (Wildman–Crippen MR) is 56.4 cm³/mol. The molecule has 1 aromatic rings. The zero-order valence-electron chi connectivity index (χ0n) is 9.73.